The normalized spacial score (nSPS) is 17.5. The van der Waals surface area contributed by atoms with Crippen LogP contribution in [0.25, 0.3) is 0 Å². The Morgan fingerprint density at radius 3 is 2.26 bits per heavy atom. The summed E-state index contributed by atoms with van der Waals surface area (Å²) in [6.45, 7) is 1.80. The fraction of sp³-hybridized carbons (Fsp3) is 0.154. The number of hydrogen-bond donors (Lipinski definition) is 2. The summed E-state index contributed by atoms with van der Waals surface area (Å²) in [5.74, 6) is -0.920. The second kappa shape index (κ2) is 5.48. The molecule has 0 saturated carbocycles. The molecular formula is C13H15F2IN3-. The van der Waals surface area contributed by atoms with Gasteiger partial charge in [-0.15, -0.1) is 0 Å². The van der Waals surface area contributed by atoms with Crippen LogP contribution in [-0.2, 0) is 0 Å². The van der Waals surface area contributed by atoms with E-state index in [0.29, 0.717) is 3.57 Å². The van der Waals surface area contributed by atoms with Crippen LogP contribution in [0.2, 0.25) is 0 Å². The maximum atomic E-state index is 13.3. The summed E-state index contributed by atoms with van der Waals surface area (Å²) in [5, 5.41) is 0. The summed E-state index contributed by atoms with van der Waals surface area (Å²) in [5.41, 5.74) is 6.04. The van der Waals surface area contributed by atoms with Crippen molar-refractivity contribution in [2.24, 2.45) is 9.68 Å². The SMILES string of the molecule is C[C@H](N)[I-](N)(c1ccc(F)cc1)c1ccnc(F)c1. The molecule has 0 bridgehead atoms. The van der Waals surface area contributed by atoms with Crippen LogP contribution in [0.15, 0.2) is 42.6 Å². The Kier molecular flexibility index (Phi) is 4.12. The van der Waals surface area contributed by atoms with E-state index in [0.717, 1.165) is 3.57 Å². The number of hydrogen-bond acceptors (Lipinski definition) is 3. The second-order valence-electron chi connectivity index (χ2n) is 4.07. The number of alkyl halides is 1. The molecule has 0 spiro atoms. The minimum absolute atomic E-state index is 0.306. The molecule has 4 N–H and O–H groups in total. The molecule has 2 rings (SSSR count). The predicted octanol–water partition coefficient (Wildman–Crippen LogP) is -1.26. The first-order chi connectivity index (χ1) is 8.94. The van der Waals surface area contributed by atoms with Gasteiger partial charge >= 0.3 is 115 Å². The van der Waals surface area contributed by atoms with E-state index in [-0.39, 0.29) is 9.87 Å². The molecule has 1 aromatic carbocycles. The van der Waals surface area contributed by atoms with E-state index in [2.05, 4.69) is 4.98 Å². The summed E-state index contributed by atoms with van der Waals surface area (Å²) >= 11 is -3.31. The van der Waals surface area contributed by atoms with Crippen LogP contribution in [0.1, 0.15) is 6.92 Å². The van der Waals surface area contributed by atoms with Crippen molar-refractivity contribution in [2.45, 2.75) is 11.0 Å². The third-order valence-corrected chi connectivity index (χ3v) is 11.4. The Hall–Kier alpha value is -1.12. The Balaban J connectivity index is 2.58. The van der Waals surface area contributed by atoms with Crippen molar-refractivity contribution in [3.8, 4) is 0 Å². The number of benzene rings is 1. The number of nitrogens with two attached hydrogens (primary N) is 2. The standard InChI is InChI=1S/C13H15F2IN3/c1-9(17)16(18,11-4-2-10(14)3-5-11)12-6-7-19-13(15)8-12/h2-9H,17-18H2,1H3/q-1/t9-/m0/s1. The van der Waals surface area contributed by atoms with E-state index in [9.17, 15) is 8.78 Å². The Bertz CT molecular complexity index is 574. The molecule has 3 nitrogen and oxygen atoms in total. The van der Waals surface area contributed by atoms with E-state index in [1.807, 2.05) is 0 Å². The first-order valence-corrected chi connectivity index (χ1v) is 10.3. The molecule has 0 fully saturated rings. The summed E-state index contributed by atoms with van der Waals surface area (Å²) in [6, 6.07) is 8.97. The number of pyridine rings is 1. The second-order valence-corrected chi connectivity index (χ2v) is 12.3. The van der Waals surface area contributed by atoms with Gasteiger partial charge in [0, 0.05) is 0 Å². The molecule has 19 heavy (non-hydrogen) atoms. The molecule has 1 unspecified atom stereocenters. The number of aromatic nitrogens is 1. The van der Waals surface area contributed by atoms with Crippen LogP contribution in [-0.4, -0.2) is 9.03 Å². The Morgan fingerprint density at radius 2 is 1.74 bits per heavy atom. The van der Waals surface area contributed by atoms with Gasteiger partial charge in [-0.2, -0.15) is 0 Å². The van der Waals surface area contributed by atoms with Crippen molar-refractivity contribution in [3.05, 3.63) is 61.5 Å². The zero-order chi connectivity index (χ0) is 14.0. The number of rotatable bonds is 3. The van der Waals surface area contributed by atoms with Gasteiger partial charge in [0.2, 0.25) is 0 Å². The van der Waals surface area contributed by atoms with Gasteiger partial charge in [0.25, 0.3) is 0 Å². The molecule has 0 aliphatic heterocycles. The minimum atomic E-state index is -3.31. The zero-order valence-electron chi connectivity index (χ0n) is 10.4. The van der Waals surface area contributed by atoms with Gasteiger partial charge in [0.05, 0.1) is 0 Å². The topological polar surface area (TPSA) is 64.9 Å². The van der Waals surface area contributed by atoms with Crippen molar-refractivity contribution in [2.75, 3.05) is 0 Å². The monoisotopic (exact) mass is 378 g/mol. The van der Waals surface area contributed by atoms with Crippen LogP contribution < -0.4 is 28.4 Å². The van der Waals surface area contributed by atoms with Gasteiger partial charge in [-0.1, -0.05) is 0 Å². The molecule has 104 valence electrons. The third kappa shape index (κ3) is 2.75. The van der Waals surface area contributed by atoms with Crippen LogP contribution in [0, 0.1) is 18.9 Å². The van der Waals surface area contributed by atoms with Crippen molar-refractivity contribution in [1.29, 1.82) is 0 Å². The first-order valence-electron chi connectivity index (χ1n) is 5.61. The molecule has 1 aromatic heterocycles. The summed E-state index contributed by atoms with van der Waals surface area (Å²) in [6.07, 6.45) is 1.38. The summed E-state index contributed by atoms with van der Waals surface area (Å²) in [4.78, 5) is 3.53. The molecule has 2 aromatic rings. The van der Waals surface area contributed by atoms with Crippen LogP contribution in [0.5, 0.6) is 0 Å². The molecule has 0 radical (unpaired) electrons. The van der Waals surface area contributed by atoms with Gasteiger partial charge in [0.1, 0.15) is 0 Å². The maximum absolute atomic E-state index is 13.3. The van der Waals surface area contributed by atoms with Gasteiger partial charge in [-0.05, 0) is 0 Å². The van der Waals surface area contributed by atoms with Crippen LogP contribution in [0.3, 0.4) is 0 Å². The van der Waals surface area contributed by atoms with Crippen molar-refractivity contribution in [1.82, 2.24) is 4.98 Å². The Morgan fingerprint density at radius 1 is 1.11 bits per heavy atom. The van der Waals surface area contributed by atoms with E-state index in [4.69, 9.17) is 9.68 Å². The first kappa shape index (κ1) is 14.3. The van der Waals surface area contributed by atoms with E-state index < -0.39 is 24.7 Å². The predicted molar refractivity (Wildman–Crippen MR) is 65.8 cm³/mol. The molecular weight excluding hydrogens is 363 g/mol. The summed E-state index contributed by atoms with van der Waals surface area (Å²) in [7, 11) is 0. The van der Waals surface area contributed by atoms with Gasteiger partial charge < -0.3 is 0 Å². The molecule has 2 atom stereocenters. The number of nitrogens with zero attached hydrogens (tertiary/aromatic N) is 1. The van der Waals surface area contributed by atoms with Crippen molar-refractivity contribution >= 4 is 0 Å². The molecule has 0 saturated heterocycles. The van der Waals surface area contributed by atoms with Crippen molar-refractivity contribution < 1.29 is 27.5 Å². The fourth-order valence-corrected chi connectivity index (χ4v) is 7.80. The van der Waals surface area contributed by atoms with E-state index in [1.165, 1.54) is 24.4 Å². The third-order valence-electron chi connectivity index (χ3n) is 2.76. The average molecular weight is 378 g/mol. The molecule has 0 aliphatic carbocycles. The van der Waals surface area contributed by atoms with Crippen molar-refractivity contribution in [3.63, 3.8) is 0 Å². The fourth-order valence-electron chi connectivity index (χ4n) is 1.73. The van der Waals surface area contributed by atoms with E-state index in [1.54, 1.807) is 25.1 Å². The summed E-state index contributed by atoms with van der Waals surface area (Å²) < 4.78 is 34.0. The average Bonchev–Trinajstić information content (AvgIpc) is 2.38. The molecule has 1 heterocycles. The van der Waals surface area contributed by atoms with E-state index >= 15 is 0 Å². The van der Waals surface area contributed by atoms with Gasteiger partial charge in [0.15, 0.2) is 0 Å². The Labute approximate surface area is 114 Å². The number of halogens is 3. The molecule has 0 amide bonds. The van der Waals surface area contributed by atoms with Gasteiger partial charge in [-0.3, -0.25) is 0 Å². The van der Waals surface area contributed by atoms with Gasteiger partial charge in [-0.25, -0.2) is 0 Å². The van der Waals surface area contributed by atoms with Crippen LogP contribution >= 0.6 is 0 Å². The molecule has 6 heteroatoms. The zero-order valence-corrected chi connectivity index (χ0v) is 12.5. The van der Waals surface area contributed by atoms with Crippen LogP contribution in [0.4, 0.5) is 8.78 Å². The quantitative estimate of drug-likeness (QED) is 0.230. The molecule has 0 aliphatic rings.